The number of nitrogens with one attached hydrogen (secondary N) is 1. The van der Waals surface area contributed by atoms with Gasteiger partial charge in [0.25, 0.3) is 0 Å². The average molecular weight is 241 g/mol. The van der Waals surface area contributed by atoms with Gasteiger partial charge in [-0.3, -0.25) is 4.79 Å². The fourth-order valence-electron chi connectivity index (χ4n) is 1.82. The molecule has 0 amide bonds. The molecule has 100 valence electrons. The third-order valence-corrected chi connectivity index (χ3v) is 3.16. The maximum atomic E-state index is 11.3. The van der Waals surface area contributed by atoms with Crippen molar-refractivity contribution < 1.29 is 9.53 Å². The van der Waals surface area contributed by atoms with Gasteiger partial charge in [0.1, 0.15) is 0 Å². The highest BCUT2D eigenvalue weighted by Gasteiger charge is 2.20. The minimum absolute atomic E-state index is 0.0980. The molecule has 1 N–H and O–H groups in total. The summed E-state index contributed by atoms with van der Waals surface area (Å²) in [5, 5.41) is 3.14. The van der Waals surface area contributed by atoms with Crippen LogP contribution in [0.4, 0.5) is 0 Å². The lowest BCUT2D eigenvalue weighted by atomic mass is 10.1. The molecular weight excluding hydrogens is 214 g/mol. The van der Waals surface area contributed by atoms with Gasteiger partial charge in [0.2, 0.25) is 0 Å². The number of esters is 1. The van der Waals surface area contributed by atoms with Crippen molar-refractivity contribution >= 4 is 5.97 Å². The number of hydrogen-bond donors (Lipinski definition) is 1. The molecule has 0 spiro atoms. The molecule has 0 bridgehead atoms. The van der Waals surface area contributed by atoms with Crippen molar-refractivity contribution in [2.24, 2.45) is 5.92 Å². The van der Waals surface area contributed by atoms with E-state index in [1.54, 1.807) is 0 Å². The standard InChI is InChI=1S/C14H27NO2/c1-2-3-4-5-6-7-10-17-14(16)12-15-11-13-8-9-13/h13,15H,2-12H2,1H3. The first kappa shape index (κ1) is 14.5. The smallest absolute Gasteiger partial charge is 0.319 e. The molecule has 0 saturated heterocycles. The first-order valence-corrected chi connectivity index (χ1v) is 7.19. The van der Waals surface area contributed by atoms with Crippen molar-refractivity contribution in [1.82, 2.24) is 5.32 Å². The SMILES string of the molecule is CCCCCCCCOC(=O)CNCC1CC1. The molecule has 0 atom stereocenters. The zero-order chi connectivity index (χ0) is 12.3. The third kappa shape index (κ3) is 9.16. The molecule has 3 nitrogen and oxygen atoms in total. The first-order chi connectivity index (χ1) is 8.33. The quantitative estimate of drug-likeness (QED) is 0.446. The van der Waals surface area contributed by atoms with Crippen LogP contribution in [0.1, 0.15) is 58.3 Å². The Morgan fingerprint density at radius 2 is 1.88 bits per heavy atom. The predicted octanol–water partition coefficient (Wildman–Crippen LogP) is 2.89. The highest BCUT2D eigenvalue weighted by atomic mass is 16.5. The zero-order valence-electron chi connectivity index (χ0n) is 11.2. The monoisotopic (exact) mass is 241 g/mol. The van der Waals surface area contributed by atoms with Crippen LogP contribution in [0.5, 0.6) is 0 Å². The van der Waals surface area contributed by atoms with E-state index in [-0.39, 0.29) is 5.97 Å². The maximum Gasteiger partial charge on any atom is 0.319 e. The van der Waals surface area contributed by atoms with Gasteiger partial charge in [-0.05, 0) is 31.7 Å². The molecule has 1 fully saturated rings. The van der Waals surface area contributed by atoms with E-state index in [0.717, 1.165) is 18.9 Å². The second-order valence-electron chi connectivity index (χ2n) is 5.06. The Hall–Kier alpha value is -0.570. The molecule has 1 rings (SSSR count). The Balaban J connectivity index is 1.76. The second-order valence-corrected chi connectivity index (χ2v) is 5.06. The molecular formula is C14H27NO2. The Bertz CT molecular complexity index is 202. The summed E-state index contributed by atoms with van der Waals surface area (Å²) in [6.07, 6.45) is 10.0. The van der Waals surface area contributed by atoms with Crippen molar-refractivity contribution in [3.05, 3.63) is 0 Å². The van der Waals surface area contributed by atoms with Gasteiger partial charge in [0.15, 0.2) is 0 Å². The predicted molar refractivity (Wildman–Crippen MR) is 69.9 cm³/mol. The summed E-state index contributed by atoms with van der Waals surface area (Å²) in [5.41, 5.74) is 0. The average Bonchev–Trinajstić information content (AvgIpc) is 3.12. The van der Waals surface area contributed by atoms with E-state index in [4.69, 9.17) is 4.74 Å². The second kappa shape index (κ2) is 9.46. The van der Waals surface area contributed by atoms with Crippen LogP contribution < -0.4 is 5.32 Å². The molecule has 0 aromatic heterocycles. The zero-order valence-corrected chi connectivity index (χ0v) is 11.2. The Morgan fingerprint density at radius 1 is 1.18 bits per heavy atom. The number of carbonyl (C=O) groups is 1. The fraction of sp³-hybridized carbons (Fsp3) is 0.929. The molecule has 1 saturated carbocycles. The maximum absolute atomic E-state index is 11.3. The molecule has 0 aromatic rings. The summed E-state index contributed by atoms with van der Waals surface area (Å²) in [4.78, 5) is 11.3. The molecule has 0 aromatic carbocycles. The summed E-state index contributed by atoms with van der Waals surface area (Å²) >= 11 is 0. The molecule has 1 aliphatic carbocycles. The summed E-state index contributed by atoms with van der Waals surface area (Å²) < 4.78 is 5.15. The normalized spacial score (nSPS) is 14.9. The molecule has 3 heteroatoms. The first-order valence-electron chi connectivity index (χ1n) is 7.19. The van der Waals surface area contributed by atoms with Crippen molar-refractivity contribution in [3.8, 4) is 0 Å². The lowest BCUT2D eigenvalue weighted by molar-refractivity contribution is -0.142. The lowest BCUT2D eigenvalue weighted by Crippen LogP contribution is -2.26. The molecule has 0 unspecified atom stereocenters. The van der Waals surface area contributed by atoms with Gasteiger partial charge in [-0.25, -0.2) is 0 Å². The summed E-state index contributed by atoms with van der Waals surface area (Å²) in [6.45, 7) is 4.17. The number of hydrogen-bond acceptors (Lipinski definition) is 3. The Morgan fingerprint density at radius 3 is 2.59 bits per heavy atom. The Kier molecular flexibility index (Phi) is 8.06. The van der Waals surface area contributed by atoms with E-state index < -0.39 is 0 Å². The summed E-state index contributed by atoms with van der Waals surface area (Å²) in [6, 6.07) is 0. The van der Waals surface area contributed by atoms with Gasteiger partial charge in [-0.2, -0.15) is 0 Å². The molecule has 17 heavy (non-hydrogen) atoms. The fourth-order valence-corrected chi connectivity index (χ4v) is 1.82. The summed E-state index contributed by atoms with van der Waals surface area (Å²) in [5.74, 6) is 0.723. The van der Waals surface area contributed by atoms with E-state index in [9.17, 15) is 4.79 Å². The molecule has 0 radical (unpaired) electrons. The number of ether oxygens (including phenoxy) is 1. The number of carbonyl (C=O) groups excluding carboxylic acids is 1. The van der Waals surface area contributed by atoms with E-state index >= 15 is 0 Å². The minimum Gasteiger partial charge on any atom is -0.465 e. The van der Waals surface area contributed by atoms with Gasteiger partial charge in [0.05, 0.1) is 13.2 Å². The highest BCUT2D eigenvalue weighted by Crippen LogP contribution is 2.27. The van der Waals surface area contributed by atoms with Gasteiger partial charge in [0, 0.05) is 0 Å². The van der Waals surface area contributed by atoms with Crippen molar-refractivity contribution in [2.75, 3.05) is 19.7 Å². The largest absolute Gasteiger partial charge is 0.465 e. The Labute approximate surface area is 105 Å². The molecule has 1 aliphatic rings. The van der Waals surface area contributed by atoms with Crippen LogP contribution in [0.2, 0.25) is 0 Å². The highest BCUT2D eigenvalue weighted by molar-refractivity contribution is 5.71. The van der Waals surface area contributed by atoms with Crippen LogP contribution in [0, 0.1) is 5.92 Å². The third-order valence-electron chi connectivity index (χ3n) is 3.16. The van der Waals surface area contributed by atoms with Gasteiger partial charge >= 0.3 is 5.97 Å². The van der Waals surface area contributed by atoms with Crippen LogP contribution in [0.3, 0.4) is 0 Å². The molecule has 0 heterocycles. The van der Waals surface area contributed by atoms with Crippen molar-refractivity contribution in [2.45, 2.75) is 58.3 Å². The van der Waals surface area contributed by atoms with Crippen LogP contribution in [0.25, 0.3) is 0 Å². The summed E-state index contributed by atoms with van der Waals surface area (Å²) in [7, 11) is 0. The topological polar surface area (TPSA) is 38.3 Å². The number of rotatable bonds is 11. The van der Waals surface area contributed by atoms with Crippen LogP contribution in [0.15, 0.2) is 0 Å². The number of unbranched alkanes of at least 4 members (excludes halogenated alkanes) is 5. The van der Waals surface area contributed by atoms with Crippen LogP contribution >= 0.6 is 0 Å². The lowest BCUT2D eigenvalue weighted by Gasteiger charge is -2.05. The van der Waals surface area contributed by atoms with Gasteiger partial charge in [-0.15, -0.1) is 0 Å². The van der Waals surface area contributed by atoms with Crippen LogP contribution in [-0.2, 0) is 9.53 Å². The van der Waals surface area contributed by atoms with E-state index in [1.165, 1.54) is 44.9 Å². The molecule has 0 aliphatic heterocycles. The van der Waals surface area contributed by atoms with Gasteiger partial charge in [-0.1, -0.05) is 39.0 Å². The van der Waals surface area contributed by atoms with Crippen molar-refractivity contribution in [1.29, 1.82) is 0 Å². The van der Waals surface area contributed by atoms with E-state index in [0.29, 0.717) is 13.2 Å². The van der Waals surface area contributed by atoms with E-state index in [1.807, 2.05) is 0 Å². The minimum atomic E-state index is -0.0980. The van der Waals surface area contributed by atoms with E-state index in [2.05, 4.69) is 12.2 Å². The van der Waals surface area contributed by atoms with Crippen LogP contribution in [-0.4, -0.2) is 25.7 Å². The van der Waals surface area contributed by atoms with Crippen molar-refractivity contribution in [3.63, 3.8) is 0 Å². The van der Waals surface area contributed by atoms with Gasteiger partial charge < -0.3 is 10.1 Å².